The fourth-order valence-corrected chi connectivity index (χ4v) is 4.20. The molecule has 4 atom stereocenters. The van der Waals surface area contributed by atoms with Crippen LogP contribution in [-0.4, -0.2) is 0 Å². The highest BCUT2D eigenvalue weighted by Gasteiger charge is 2.36. The molecule has 0 nitrogen and oxygen atoms in total. The van der Waals surface area contributed by atoms with Crippen LogP contribution in [-0.2, 0) is 0 Å². The lowest BCUT2D eigenvalue weighted by Crippen LogP contribution is -2.33. The molecular weight excluding hydrogens is 295 g/mol. The highest BCUT2D eigenvalue weighted by Crippen LogP contribution is 2.46. The van der Waals surface area contributed by atoms with Crippen molar-refractivity contribution < 1.29 is 0 Å². The first-order valence-corrected chi connectivity index (χ1v) is 10.1. The van der Waals surface area contributed by atoms with Gasteiger partial charge < -0.3 is 0 Å². The first-order chi connectivity index (χ1) is 10.4. The maximum absolute atomic E-state index is 3.01. The van der Waals surface area contributed by atoms with Crippen LogP contribution in [0.5, 0.6) is 0 Å². The summed E-state index contributed by atoms with van der Waals surface area (Å²) in [5.74, 6) is 2.57. The van der Waals surface area contributed by atoms with Crippen LogP contribution in [0.15, 0.2) is 22.0 Å². The summed E-state index contributed by atoms with van der Waals surface area (Å²) in [6.07, 6.45) is 2.37. The first-order valence-electron chi connectivity index (χ1n) is 9.52. The Morgan fingerprint density at radius 1 is 0.870 bits per heavy atom. The molecule has 0 aromatic carbocycles. The van der Waals surface area contributed by atoms with Gasteiger partial charge >= 0.3 is 0 Å². The lowest BCUT2D eigenvalue weighted by atomic mass is 9.63. The van der Waals surface area contributed by atoms with E-state index in [1.54, 1.807) is 16.7 Å². The monoisotopic (exact) mass is 338 g/mol. The molecule has 0 aromatic rings. The first kappa shape index (κ1) is 22.9. The molecule has 0 heterocycles. The van der Waals surface area contributed by atoms with Crippen LogP contribution in [0.25, 0.3) is 0 Å². The van der Waals surface area contributed by atoms with Crippen molar-refractivity contribution in [2.24, 2.45) is 29.1 Å². The second kappa shape index (κ2) is 9.41. The molecule has 23 heavy (non-hydrogen) atoms. The Balaban J connectivity index is 6.13. The van der Waals surface area contributed by atoms with Gasteiger partial charge in [0.1, 0.15) is 0 Å². The zero-order valence-electron chi connectivity index (χ0n) is 17.8. The standard InChI is InChI=1S/C22H43P/c1-12-19(22(9,10)11)21(18(8)20(23)13-2)17(7)16(6)15(5)14(3)4/h14,17,19,21H,12-13,23H2,1-11H3/b16-15-,20-18+. The van der Waals surface area contributed by atoms with Crippen molar-refractivity contribution in [3.8, 4) is 0 Å². The molecule has 0 fully saturated rings. The summed E-state index contributed by atoms with van der Waals surface area (Å²) >= 11 is 0. The summed E-state index contributed by atoms with van der Waals surface area (Å²) in [5, 5.41) is 1.50. The van der Waals surface area contributed by atoms with Gasteiger partial charge in [0.05, 0.1) is 0 Å². The Kier molecular flexibility index (Phi) is 9.37. The van der Waals surface area contributed by atoms with Crippen LogP contribution in [0.4, 0.5) is 0 Å². The molecule has 0 saturated carbocycles. The summed E-state index contributed by atoms with van der Waals surface area (Å²) in [4.78, 5) is 0. The predicted molar refractivity (Wildman–Crippen MR) is 112 cm³/mol. The Hall–Kier alpha value is -0.0900. The Bertz CT molecular complexity index is 431. The van der Waals surface area contributed by atoms with Crippen LogP contribution in [0.2, 0.25) is 0 Å². The smallest absolute Gasteiger partial charge is 0.0104 e. The Labute approximate surface area is 149 Å². The predicted octanol–water partition coefficient (Wildman–Crippen LogP) is 7.86. The van der Waals surface area contributed by atoms with Crippen LogP contribution >= 0.6 is 9.24 Å². The van der Waals surface area contributed by atoms with Crippen molar-refractivity contribution in [3.05, 3.63) is 22.0 Å². The zero-order valence-corrected chi connectivity index (χ0v) is 19.0. The van der Waals surface area contributed by atoms with Gasteiger partial charge in [-0.3, -0.25) is 0 Å². The van der Waals surface area contributed by atoms with Crippen molar-refractivity contribution in [3.63, 3.8) is 0 Å². The van der Waals surface area contributed by atoms with E-state index in [1.165, 1.54) is 11.7 Å². The third kappa shape index (κ3) is 6.04. The molecule has 1 heteroatoms. The summed E-state index contributed by atoms with van der Waals surface area (Å²) in [7, 11) is 3.01. The van der Waals surface area contributed by atoms with Crippen LogP contribution in [0, 0.1) is 29.1 Å². The minimum atomic E-state index is 0.333. The fraction of sp³-hybridized carbons (Fsp3) is 0.818. The number of hydrogen-bond donors (Lipinski definition) is 0. The van der Waals surface area contributed by atoms with Gasteiger partial charge in [-0.15, -0.1) is 9.24 Å². The molecule has 136 valence electrons. The zero-order chi connectivity index (χ0) is 18.5. The van der Waals surface area contributed by atoms with Gasteiger partial charge in [-0.1, -0.05) is 83.8 Å². The highest BCUT2D eigenvalue weighted by atomic mass is 31.0. The third-order valence-electron chi connectivity index (χ3n) is 6.08. The van der Waals surface area contributed by atoms with E-state index in [0.717, 1.165) is 6.42 Å². The number of hydrogen-bond acceptors (Lipinski definition) is 0. The molecule has 0 bridgehead atoms. The summed E-state index contributed by atoms with van der Waals surface area (Å²) in [5.41, 5.74) is 5.10. The normalized spacial score (nSPS) is 19.2. The van der Waals surface area contributed by atoms with Gasteiger partial charge in [-0.25, -0.2) is 0 Å². The molecular formula is C22H43P. The van der Waals surface area contributed by atoms with E-state index in [9.17, 15) is 0 Å². The van der Waals surface area contributed by atoms with Crippen molar-refractivity contribution in [2.45, 2.75) is 89.0 Å². The van der Waals surface area contributed by atoms with Crippen molar-refractivity contribution >= 4 is 9.24 Å². The van der Waals surface area contributed by atoms with Gasteiger partial charge in [0.15, 0.2) is 0 Å². The molecule has 0 aromatic heterocycles. The molecule has 0 aliphatic carbocycles. The topological polar surface area (TPSA) is 0 Å². The molecule has 0 aliphatic heterocycles. The van der Waals surface area contributed by atoms with E-state index in [2.05, 4.69) is 85.4 Å². The number of rotatable bonds is 7. The van der Waals surface area contributed by atoms with Crippen molar-refractivity contribution in [1.82, 2.24) is 0 Å². The molecule has 0 spiro atoms. The molecule has 0 aliphatic rings. The number of allylic oxidation sites excluding steroid dienone is 4. The van der Waals surface area contributed by atoms with E-state index in [-0.39, 0.29) is 0 Å². The minimum absolute atomic E-state index is 0.333. The van der Waals surface area contributed by atoms with E-state index in [1.807, 2.05) is 0 Å². The molecule has 0 radical (unpaired) electrons. The van der Waals surface area contributed by atoms with Crippen LogP contribution in [0.1, 0.15) is 89.0 Å². The Morgan fingerprint density at radius 2 is 1.35 bits per heavy atom. The second-order valence-electron chi connectivity index (χ2n) is 8.78. The van der Waals surface area contributed by atoms with Gasteiger partial charge in [0.2, 0.25) is 0 Å². The van der Waals surface area contributed by atoms with E-state index < -0.39 is 0 Å². The summed E-state index contributed by atoms with van der Waals surface area (Å²) in [6.45, 7) is 26.0. The maximum Gasteiger partial charge on any atom is -0.0104 e. The molecule has 0 amide bonds. The van der Waals surface area contributed by atoms with E-state index in [0.29, 0.717) is 29.1 Å². The van der Waals surface area contributed by atoms with Crippen LogP contribution < -0.4 is 0 Å². The quantitative estimate of drug-likeness (QED) is 0.327. The lowest BCUT2D eigenvalue weighted by Gasteiger charge is -2.42. The molecule has 0 N–H and O–H groups in total. The molecule has 0 rings (SSSR count). The van der Waals surface area contributed by atoms with E-state index in [4.69, 9.17) is 0 Å². The SMILES string of the molecule is CC/C(P)=C(/C)C(C(C)/C(C)=C(/C)C(C)C)C(CC)C(C)(C)C. The van der Waals surface area contributed by atoms with Crippen molar-refractivity contribution in [1.29, 1.82) is 0 Å². The van der Waals surface area contributed by atoms with Crippen molar-refractivity contribution in [2.75, 3.05) is 0 Å². The van der Waals surface area contributed by atoms with Gasteiger partial charge in [-0.05, 0) is 56.3 Å². The molecule has 4 unspecified atom stereocenters. The second-order valence-corrected chi connectivity index (χ2v) is 9.47. The van der Waals surface area contributed by atoms with Gasteiger partial charge in [0.25, 0.3) is 0 Å². The Morgan fingerprint density at radius 3 is 1.65 bits per heavy atom. The summed E-state index contributed by atoms with van der Waals surface area (Å²) < 4.78 is 0. The molecule has 0 saturated heterocycles. The largest absolute Gasteiger partial charge is 0.110 e. The van der Waals surface area contributed by atoms with Gasteiger partial charge in [-0.2, -0.15) is 0 Å². The maximum atomic E-state index is 3.01. The minimum Gasteiger partial charge on any atom is -0.110 e. The average molecular weight is 339 g/mol. The summed E-state index contributed by atoms with van der Waals surface area (Å²) in [6, 6.07) is 0. The van der Waals surface area contributed by atoms with E-state index >= 15 is 0 Å². The average Bonchev–Trinajstić information content (AvgIpc) is 2.47. The highest BCUT2D eigenvalue weighted by molar-refractivity contribution is 7.22. The fourth-order valence-electron chi connectivity index (χ4n) is 4.01. The van der Waals surface area contributed by atoms with Crippen LogP contribution in [0.3, 0.4) is 0 Å². The third-order valence-corrected chi connectivity index (χ3v) is 6.95. The lowest BCUT2D eigenvalue weighted by molar-refractivity contribution is 0.144. The van der Waals surface area contributed by atoms with Gasteiger partial charge in [0, 0.05) is 0 Å².